The molecule has 0 heterocycles. The van der Waals surface area contributed by atoms with E-state index in [1.54, 1.807) is 0 Å². The van der Waals surface area contributed by atoms with Gasteiger partial charge in [0.05, 0.1) is 0 Å². The third-order valence-electron chi connectivity index (χ3n) is 0. The van der Waals surface area contributed by atoms with Crippen LogP contribution >= 0.6 is 0 Å². The van der Waals surface area contributed by atoms with Crippen molar-refractivity contribution in [2.75, 3.05) is 0 Å². The maximum atomic E-state index is 0. The molecule has 1 nitrogen and oxygen atoms in total. The second kappa shape index (κ2) is 16.1. The zero-order valence-electron chi connectivity index (χ0n) is 1.29. The molecule has 0 bridgehead atoms. The third kappa shape index (κ3) is 9.05. The summed E-state index contributed by atoms with van der Waals surface area (Å²) in [7, 11) is 0. The van der Waals surface area contributed by atoms with E-state index >= 15 is 0 Å². The Morgan fingerprint density at radius 1 is 1.00 bits per heavy atom. The van der Waals surface area contributed by atoms with Gasteiger partial charge in [0, 0.05) is 41.3 Å². The Morgan fingerprint density at radius 2 is 1.00 bits per heavy atom. The number of hydrogen-bond donors (Lipinski definition) is 0. The Labute approximate surface area is 109 Å². The molecule has 0 aromatic rings. The van der Waals surface area contributed by atoms with Crippen LogP contribution in [0.25, 0.3) is 0 Å². The van der Waals surface area contributed by atoms with Crippen molar-refractivity contribution in [2.45, 2.75) is 0 Å². The van der Waals surface area contributed by atoms with E-state index in [0.29, 0.717) is 0 Å². The standard InChI is InChI=1S/Ba.Cu.O.Pr.2H/q;+2;-2;;;. The molecule has 0 atom stereocenters. The monoisotopic (exact) mass is 360 g/mol. The minimum absolute atomic E-state index is 0. The van der Waals surface area contributed by atoms with E-state index in [2.05, 4.69) is 0 Å². The van der Waals surface area contributed by atoms with Gasteiger partial charge in [-0.2, -0.15) is 0 Å². The van der Waals surface area contributed by atoms with Crippen LogP contribution in [0, 0.1) is 41.3 Å². The fraction of sp³-hybridized carbons (Fsp3) is 0. The molecule has 0 aliphatic carbocycles. The van der Waals surface area contributed by atoms with Gasteiger partial charge in [-0.15, -0.1) is 0 Å². The van der Waals surface area contributed by atoms with Crippen LogP contribution in [0.1, 0.15) is 0 Å². The van der Waals surface area contributed by atoms with Crippen LogP contribution in [-0.4, -0.2) is 48.9 Å². The van der Waals surface area contributed by atoms with Gasteiger partial charge < -0.3 is 5.48 Å². The first-order chi connectivity index (χ1) is 0. The summed E-state index contributed by atoms with van der Waals surface area (Å²) >= 11 is 0. The van der Waals surface area contributed by atoms with Gasteiger partial charge in [0.1, 0.15) is 0 Å². The Kier molecular flexibility index (Phi) is 106. The van der Waals surface area contributed by atoms with Crippen molar-refractivity contribution < 1.29 is 63.8 Å². The average Bonchev–Trinajstić information content (AvgIpc) is 0. The fourth-order valence-electron chi connectivity index (χ4n) is 0. The molecule has 0 N–H and O–H groups in total. The van der Waals surface area contributed by atoms with Gasteiger partial charge in [-0.05, 0) is 0 Å². The number of hydrogen-bond acceptors (Lipinski definition) is 0. The van der Waals surface area contributed by atoms with Crippen molar-refractivity contribution in [1.82, 2.24) is 0 Å². The Bertz CT molecular complexity index is 8.00. The molecule has 0 fully saturated rings. The normalized spacial score (nSPS) is 0. The van der Waals surface area contributed by atoms with Gasteiger partial charge >= 0.3 is 65.9 Å². The van der Waals surface area contributed by atoms with Gasteiger partial charge in [-0.25, -0.2) is 0 Å². The molecule has 24 valence electrons. The van der Waals surface area contributed by atoms with E-state index in [4.69, 9.17) is 0 Å². The summed E-state index contributed by atoms with van der Waals surface area (Å²) in [6.07, 6.45) is 0. The topological polar surface area (TPSA) is 28.5 Å². The van der Waals surface area contributed by atoms with Gasteiger partial charge in [0.25, 0.3) is 0 Å². The zero-order valence-corrected chi connectivity index (χ0v) is 5.93. The van der Waals surface area contributed by atoms with Crippen LogP contribution in [0.5, 0.6) is 0 Å². The fourth-order valence-corrected chi connectivity index (χ4v) is 0. The molecule has 0 aliphatic rings. The van der Waals surface area contributed by atoms with E-state index in [9.17, 15) is 0 Å². The van der Waals surface area contributed by atoms with E-state index in [-0.39, 0.29) is 113 Å². The minimum Gasteiger partial charge on any atom is -2.00 e. The predicted molar refractivity (Wildman–Crippen MR) is 9.23 cm³/mol. The number of rotatable bonds is 0. The summed E-state index contributed by atoms with van der Waals surface area (Å²) in [5.74, 6) is 0. The van der Waals surface area contributed by atoms with Crippen LogP contribution in [0.2, 0.25) is 0 Å². The van der Waals surface area contributed by atoms with Crippen molar-refractivity contribution in [2.24, 2.45) is 0 Å². The van der Waals surface area contributed by atoms with Crippen LogP contribution in [0.3, 0.4) is 0 Å². The zero-order chi connectivity index (χ0) is 0. The van der Waals surface area contributed by atoms with E-state index in [1.807, 2.05) is 0 Å². The van der Waals surface area contributed by atoms with Crippen molar-refractivity contribution in [3.63, 3.8) is 0 Å². The molecule has 0 aromatic carbocycles. The second-order valence-electron chi connectivity index (χ2n) is 0. The molecule has 0 saturated heterocycles. The summed E-state index contributed by atoms with van der Waals surface area (Å²) in [6.45, 7) is 0. The van der Waals surface area contributed by atoms with Crippen molar-refractivity contribution >= 4 is 48.9 Å². The molecule has 0 aromatic heterocycles. The van der Waals surface area contributed by atoms with Crippen LogP contribution < -0.4 is 0 Å². The summed E-state index contributed by atoms with van der Waals surface area (Å²) in [5, 5.41) is 0. The smallest absolute Gasteiger partial charge is 2.00 e. The van der Waals surface area contributed by atoms with E-state index in [1.165, 1.54) is 0 Å². The van der Waals surface area contributed by atoms with Crippen molar-refractivity contribution in [3.8, 4) is 0 Å². The molecule has 4 heavy (non-hydrogen) atoms. The van der Waals surface area contributed by atoms with Gasteiger partial charge in [0.2, 0.25) is 0 Å². The molecule has 0 unspecified atom stereocenters. The molecular formula is H2BaCuOPr. The molecule has 4 heteroatoms. The summed E-state index contributed by atoms with van der Waals surface area (Å²) in [4.78, 5) is 0. The Balaban J connectivity index is 0. The van der Waals surface area contributed by atoms with E-state index < -0.39 is 0 Å². The first-order valence-corrected chi connectivity index (χ1v) is 0. The summed E-state index contributed by atoms with van der Waals surface area (Å²) < 4.78 is 0. The molecule has 2 radical (unpaired) electrons. The second-order valence-corrected chi connectivity index (χ2v) is 0. The third-order valence-corrected chi connectivity index (χ3v) is 0. The van der Waals surface area contributed by atoms with Crippen molar-refractivity contribution in [1.29, 1.82) is 0 Å². The SMILES string of the molecule is [BaH2].[Cu+2].[O-2].[Pr]. The summed E-state index contributed by atoms with van der Waals surface area (Å²) in [6, 6.07) is 0. The quantitative estimate of drug-likeness (QED) is 0.495. The summed E-state index contributed by atoms with van der Waals surface area (Å²) in [5.41, 5.74) is 0. The minimum atomic E-state index is 0. The van der Waals surface area contributed by atoms with Gasteiger partial charge in [0.15, 0.2) is 0 Å². The average molecular weight is 360 g/mol. The van der Waals surface area contributed by atoms with Crippen LogP contribution in [-0.2, 0) is 22.5 Å². The van der Waals surface area contributed by atoms with Gasteiger partial charge in [-0.1, -0.05) is 0 Å². The largest absolute Gasteiger partial charge is 2.00 e. The first-order valence-electron chi connectivity index (χ1n) is 0. The molecule has 0 aliphatic heterocycles. The molecule has 0 amide bonds. The van der Waals surface area contributed by atoms with E-state index in [0.717, 1.165) is 0 Å². The molecular weight excluding hydrogens is 358 g/mol. The molecule has 0 rings (SSSR count). The van der Waals surface area contributed by atoms with Crippen molar-refractivity contribution in [3.05, 3.63) is 0 Å². The van der Waals surface area contributed by atoms with Crippen LogP contribution in [0.4, 0.5) is 0 Å². The Hall–Kier alpha value is 3.41. The maximum Gasteiger partial charge on any atom is 2.00 e. The van der Waals surface area contributed by atoms with Crippen LogP contribution in [0.15, 0.2) is 0 Å². The predicted octanol–water partition coefficient (Wildman–Crippen LogP) is -1.04. The molecule has 0 spiro atoms. The Morgan fingerprint density at radius 3 is 1.00 bits per heavy atom. The molecule has 0 saturated carbocycles. The first kappa shape index (κ1) is 26.2. The maximum absolute atomic E-state index is 0. The van der Waals surface area contributed by atoms with Gasteiger partial charge in [-0.3, -0.25) is 0 Å².